The van der Waals surface area contributed by atoms with Gasteiger partial charge in [0.05, 0.1) is 6.61 Å². The summed E-state index contributed by atoms with van der Waals surface area (Å²) >= 11 is 0. The van der Waals surface area contributed by atoms with Crippen molar-refractivity contribution in [1.29, 1.82) is 0 Å². The second-order valence-corrected chi connectivity index (χ2v) is 2.26. The molecule has 0 aliphatic heterocycles. The van der Waals surface area contributed by atoms with Crippen molar-refractivity contribution in [2.45, 2.75) is 20.3 Å². The maximum absolute atomic E-state index is 7.38. The molecule has 1 aromatic carbocycles. The normalized spacial score (nSPS) is 8.58. The average molecular weight is 168 g/mol. The van der Waals surface area contributed by atoms with Crippen LogP contribution in [-0.2, 0) is 11.3 Å². The largest absolute Gasteiger partial charge is 0.252 e. The zero-order valence-corrected chi connectivity index (χ0v) is 7.66. The third-order valence-electron chi connectivity index (χ3n) is 1.38. The minimum absolute atomic E-state index is 0.375. The maximum Gasteiger partial charge on any atom is 0.0791 e. The predicted molar refractivity (Wildman–Crippen MR) is 50.1 cm³/mol. The van der Waals surface area contributed by atoms with Crippen molar-refractivity contribution in [1.82, 2.24) is 0 Å². The first-order valence-corrected chi connectivity index (χ1v) is 4.15. The Morgan fingerprint density at radius 1 is 1.17 bits per heavy atom. The van der Waals surface area contributed by atoms with Gasteiger partial charge in [-0.25, -0.2) is 4.89 Å². The van der Waals surface area contributed by atoms with E-state index in [1.807, 2.05) is 6.07 Å². The Balaban J connectivity index is 0.000000261. The lowest BCUT2D eigenvalue weighted by molar-refractivity contribution is -0.237. The molecular formula is C10H16O2. The molecule has 1 N–H and O–H groups in total. The molecular weight excluding hydrogens is 152 g/mol. The second kappa shape index (κ2) is 8.24. The number of aryl methyl sites for hydroxylation is 1. The SMILES string of the molecule is CCOO.CCc1ccccc1. The third-order valence-corrected chi connectivity index (χ3v) is 1.38. The number of hydrogen-bond acceptors (Lipinski definition) is 2. The number of rotatable bonds is 2. The molecule has 1 aromatic rings. The molecule has 0 radical (unpaired) electrons. The highest BCUT2D eigenvalue weighted by molar-refractivity contribution is 5.13. The Morgan fingerprint density at radius 3 is 1.92 bits per heavy atom. The van der Waals surface area contributed by atoms with Gasteiger partial charge in [-0.15, -0.1) is 0 Å². The quantitative estimate of drug-likeness (QED) is 0.543. The molecule has 68 valence electrons. The predicted octanol–water partition coefficient (Wildman–Crippen LogP) is 2.74. The van der Waals surface area contributed by atoms with Gasteiger partial charge in [0.1, 0.15) is 0 Å². The van der Waals surface area contributed by atoms with E-state index in [4.69, 9.17) is 5.26 Å². The molecule has 0 amide bonds. The molecule has 0 saturated heterocycles. The Kier molecular flexibility index (Phi) is 7.65. The summed E-state index contributed by atoms with van der Waals surface area (Å²) in [6.45, 7) is 4.25. The summed E-state index contributed by atoms with van der Waals surface area (Å²) in [5.74, 6) is 0. The van der Waals surface area contributed by atoms with Crippen LogP contribution in [-0.4, -0.2) is 11.9 Å². The standard InChI is InChI=1S/C8H10.C2H6O2/c1-2-8-6-4-3-5-7-8;1-2-4-3/h3-7H,2H2,1H3;3H,2H2,1H3. The van der Waals surface area contributed by atoms with Crippen molar-refractivity contribution < 1.29 is 10.1 Å². The highest BCUT2D eigenvalue weighted by Gasteiger charge is 1.79. The first-order valence-electron chi connectivity index (χ1n) is 4.15. The van der Waals surface area contributed by atoms with Crippen LogP contribution in [0.3, 0.4) is 0 Å². The number of benzene rings is 1. The van der Waals surface area contributed by atoms with E-state index in [-0.39, 0.29) is 0 Å². The molecule has 1 rings (SSSR count). The van der Waals surface area contributed by atoms with Crippen molar-refractivity contribution >= 4 is 0 Å². The molecule has 0 aliphatic carbocycles. The molecule has 0 spiro atoms. The van der Waals surface area contributed by atoms with Gasteiger partial charge in [0.2, 0.25) is 0 Å². The Labute approximate surface area is 73.7 Å². The van der Waals surface area contributed by atoms with Crippen LogP contribution in [0.15, 0.2) is 30.3 Å². The Bertz CT molecular complexity index is 170. The second-order valence-electron chi connectivity index (χ2n) is 2.26. The van der Waals surface area contributed by atoms with Crippen LogP contribution in [0.25, 0.3) is 0 Å². The molecule has 0 fully saturated rings. The van der Waals surface area contributed by atoms with Gasteiger partial charge in [-0.3, -0.25) is 5.26 Å². The van der Waals surface area contributed by atoms with Crippen molar-refractivity contribution in [3.05, 3.63) is 35.9 Å². The minimum Gasteiger partial charge on any atom is -0.252 e. The fourth-order valence-corrected chi connectivity index (χ4v) is 0.714. The van der Waals surface area contributed by atoms with E-state index in [1.54, 1.807) is 6.92 Å². The third kappa shape index (κ3) is 5.89. The van der Waals surface area contributed by atoms with Crippen molar-refractivity contribution in [3.8, 4) is 0 Å². The van der Waals surface area contributed by atoms with Gasteiger partial charge in [0, 0.05) is 0 Å². The van der Waals surface area contributed by atoms with Crippen LogP contribution < -0.4 is 0 Å². The van der Waals surface area contributed by atoms with Crippen LogP contribution >= 0.6 is 0 Å². The van der Waals surface area contributed by atoms with E-state index in [9.17, 15) is 0 Å². The van der Waals surface area contributed by atoms with Crippen LogP contribution in [0.5, 0.6) is 0 Å². The first kappa shape index (κ1) is 11.1. The van der Waals surface area contributed by atoms with Gasteiger partial charge in [-0.2, -0.15) is 0 Å². The van der Waals surface area contributed by atoms with Crippen LogP contribution in [0.1, 0.15) is 19.4 Å². The zero-order valence-electron chi connectivity index (χ0n) is 7.66. The maximum atomic E-state index is 7.38. The molecule has 0 heterocycles. The summed E-state index contributed by atoms with van der Waals surface area (Å²) in [6, 6.07) is 10.5. The van der Waals surface area contributed by atoms with E-state index < -0.39 is 0 Å². The van der Waals surface area contributed by atoms with Crippen molar-refractivity contribution in [2.75, 3.05) is 6.61 Å². The Hall–Kier alpha value is -0.860. The van der Waals surface area contributed by atoms with Crippen LogP contribution in [0, 0.1) is 0 Å². The van der Waals surface area contributed by atoms with Crippen molar-refractivity contribution in [2.24, 2.45) is 0 Å². The molecule has 0 aliphatic rings. The van der Waals surface area contributed by atoms with E-state index in [2.05, 4.69) is 36.1 Å². The van der Waals surface area contributed by atoms with Crippen LogP contribution in [0.2, 0.25) is 0 Å². The molecule has 0 aromatic heterocycles. The van der Waals surface area contributed by atoms with Gasteiger partial charge in [0.25, 0.3) is 0 Å². The fourth-order valence-electron chi connectivity index (χ4n) is 0.714. The lowest BCUT2D eigenvalue weighted by Gasteiger charge is -1.89. The van der Waals surface area contributed by atoms with E-state index >= 15 is 0 Å². The fraction of sp³-hybridized carbons (Fsp3) is 0.400. The molecule has 0 atom stereocenters. The summed E-state index contributed by atoms with van der Waals surface area (Å²) in [4.78, 5) is 3.54. The molecule has 12 heavy (non-hydrogen) atoms. The van der Waals surface area contributed by atoms with Gasteiger partial charge < -0.3 is 0 Å². The van der Waals surface area contributed by atoms with Gasteiger partial charge in [0.15, 0.2) is 0 Å². The molecule has 0 saturated carbocycles. The molecule has 0 bridgehead atoms. The summed E-state index contributed by atoms with van der Waals surface area (Å²) in [7, 11) is 0. The minimum atomic E-state index is 0.375. The first-order chi connectivity index (χ1) is 5.85. The van der Waals surface area contributed by atoms with Gasteiger partial charge in [-0.05, 0) is 18.9 Å². The number of hydrogen-bond donors (Lipinski definition) is 1. The monoisotopic (exact) mass is 168 g/mol. The lowest BCUT2D eigenvalue weighted by atomic mass is 10.2. The lowest BCUT2D eigenvalue weighted by Crippen LogP contribution is -1.74. The van der Waals surface area contributed by atoms with Gasteiger partial charge in [-0.1, -0.05) is 37.3 Å². The topological polar surface area (TPSA) is 29.5 Å². The summed E-state index contributed by atoms with van der Waals surface area (Å²) in [5, 5.41) is 7.38. The van der Waals surface area contributed by atoms with E-state index in [0.717, 1.165) is 6.42 Å². The smallest absolute Gasteiger partial charge is 0.0791 e. The van der Waals surface area contributed by atoms with E-state index in [0.29, 0.717) is 6.61 Å². The highest BCUT2D eigenvalue weighted by atomic mass is 17.1. The summed E-state index contributed by atoms with van der Waals surface area (Å²) in [5.41, 5.74) is 1.41. The summed E-state index contributed by atoms with van der Waals surface area (Å²) in [6.07, 6.45) is 1.14. The van der Waals surface area contributed by atoms with Gasteiger partial charge >= 0.3 is 0 Å². The Morgan fingerprint density at radius 2 is 1.67 bits per heavy atom. The molecule has 2 nitrogen and oxygen atoms in total. The van der Waals surface area contributed by atoms with Crippen molar-refractivity contribution in [3.63, 3.8) is 0 Å². The van der Waals surface area contributed by atoms with E-state index in [1.165, 1.54) is 5.56 Å². The molecule has 0 unspecified atom stereocenters. The molecule has 2 heteroatoms. The summed E-state index contributed by atoms with van der Waals surface area (Å²) < 4.78 is 0. The zero-order chi connectivity index (χ0) is 9.23. The highest BCUT2D eigenvalue weighted by Crippen LogP contribution is 1.96. The average Bonchev–Trinajstić information content (AvgIpc) is 2.19. The van der Waals surface area contributed by atoms with Crippen LogP contribution in [0.4, 0.5) is 0 Å².